The van der Waals surface area contributed by atoms with Gasteiger partial charge in [0.25, 0.3) is 5.89 Å². The second-order valence-electron chi connectivity index (χ2n) is 7.70. The number of pyridine rings is 1. The van der Waals surface area contributed by atoms with Gasteiger partial charge in [-0.25, -0.2) is 0 Å². The number of nitrogens with zero attached hydrogens (tertiary/aromatic N) is 4. The molecular formula is C21H31IN6O2. The molecule has 2 heterocycles. The van der Waals surface area contributed by atoms with E-state index < -0.39 is 0 Å². The quantitative estimate of drug-likeness (QED) is 0.310. The van der Waals surface area contributed by atoms with Crippen LogP contribution in [0.25, 0.3) is 11.6 Å². The highest BCUT2D eigenvalue weighted by atomic mass is 127. The van der Waals surface area contributed by atoms with Crippen LogP contribution >= 0.6 is 24.0 Å². The fraction of sp³-hybridized carbons (Fsp3) is 0.619. The third kappa shape index (κ3) is 4.77. The maximum Gasteiger partial charge on any atom is 0.276 e. The van der Waals surface area contributed by atoms with E-state index in [9.17, 15) is 0 Å². The summed E-state index contributed by atoms with van der Waals surface area (Å²) >= 11 is 0. The molecule has 1 spiro atoms. The van der Waals surface area contributed by atoms with Crippen LogP contribution in [0.2, 0.25) is 0 Å². The summed E-state index contributed by atoms with van der Waals surface area (Å²) in [7, 11) is 0. The van der Waals surface area contributed by atoms with Gasteiger partial charge in [-0.15, -0.1) is 24.0 Å². The van der Waals surface area contributed by atoms with E-state index in [1.54, 1.807) is 6.20 Å². The lowest BCUT2D eigenvalue weighted by atomic mass is 9.51. The molecule has 0 radical (unpaired) electrons. The van der Waals surface area contributed by atoms with Crippen molar-refractivity contribution < 1.29 is 9.26 Å². The SMILES string of the molecule is CCNC(=NCCc1noc(-c2ccccn2)n1)NC1CC(OCC)C12CCC2.I. The van der Waals surface area contributed by atoms with Gasteiger partial charge in [0.05, 0.1) is 6.10 Å². The second-order valence-corrected chi connectivity index (χ2v) is 7.70. The summed E-state index contributed by atoms with van der Waals surface area (Å²) in [6, 6.07) is 6.05. The first-order valence-electron chi connectivity index (χ1n) is 10.7. The Labute approximate surface area is 194 Å². The number of halogens is 1. The number of aromatic nitrogens is 3. The zero-order chi connectivity index (χ0) is 20.1. The molecule has 164 valence electrons. The minimum Gasteiger partial charge on any atom is -0.378 e. The number of hydrogen-bond acceptors (Lipinski definition) is 6. The lowest BCUT2D eigenvalue weighted by Crippen LogP contribution is -2.68. The van der Waals surface area contributed by atoms with Gasteiger partial charge in [0, 0.05) is 43.8 Å². The van der Waals surface area contributed by atoms with Gasteiger partial charge in [-0.2, -0.15) is 4.98 Å². The highest BCUT2D eigenvalue weighted by molar-refractivity contribution is 14.0. The zero-order valence-electron chi connectivity index (χ0n) is 17.6. The normalized spacial score (nSPS) is 22.0. The van der Waals surface area contributed by atoms with Gasteiger partial charge in [-0.1, -0.05) is 17.6 Å². The van der Waals surface area contributed by atoms with Crippen LogP contribution in [0.15, 0.2) is 33.9 Å². The number of aliphatic imine (C=N–C) groups is 1. The van der Waals surface area contributed by atoms with E-state index in [-0.39, 0.29) is 24.0 Å². The third-order valence-corrected chi connectivity index (χ3v) is 6.05. The molecule has 0 aliphatic heterocycles. The molecule has 4 rings (SSSR count). The maximum absolute atomic E-state index is 5.95. The van der Waals surface area contributed by atoms with E-state index >= 15 is 0 Å². The molecule has 0 aromatic carbocycles. The van der Waals surface area contributed by atoms with Crippen molar-refractivity contribution in [2.75, 3.05) is 19.7 Å². The molecule has 2 aliphatic carbocycles. The van der Waals surface area contributed by atoms with E-state index in [1.165, 1.54) is 19.3 Å². The molecule has 30 heavy (non-hydrogen) atoms. The number of guanidine groups is 1. The average Bonchev–Trinajstić information content (AvgIpc) is 3.15. The van der Waals surface area contributed by atoms with Crippen LogP contribution in [-0.2, 0) is 11.2 Å². The standard InChI is InChI=1S/C21H30N6O2.HI/c1-3-22-20(25-16-14-17(28-4-2)21(16)10-7-11-21)24-13-9-18-26-19(29-27-18)15-8-5-6-12-23-15;/h5-6,8,12,16-17H,3-4,7,9-11,13-14H2,1-2H3,(H2,22,24,25);1H. The van der Waals surface area contributed by atoms with Crippen LogP contribution in [0.1, 0.15) is 45.4 Å². The molecule has 0 bridgehead atoms. The maximum atomic E-state index is 5.95. The molecule has 0 amide bonds. The Balaban J connectivity index is 0.00000256. The van der Waals surface area contributed by atoms with Crippen molar-refractivity contribution in [2.45, 2.75) is 58.1 Å². The van der Waals surface area contributed by atoms with Gasteiger partial charge in [0.1, 0.15) is 5.69 Å². The van der Waals surface area contributed by atoms with Crippen LogP contribution in [0, 0.1) is 5.41 Å². The summed E-state index contributed by atoms with van der Waals surface area (Å²) in [6.45, 7) is 6.37. The Kier molecular flexibility index (Phi) is 8.04. The van der Waals surface area contributed by atoms with Crippen molar-refractivity contribution in [3.8, 4) is 11.6 Å². The summed E-state index contributed by atoms with van der Waals surface area (Å²) < 4.78 is 11.3. The molecule has 9 heteroatoms. The first-order chi connectivity index (χ1) is 14.2. The Bertz CT molecular complexity index is 824. The number of rotatable bonds is 8. The monoisotopic (exact) mass is 526 g/mol. The Morgan fingerprint density at radius 3 is 2.87 bits per heavy atom. The first-order valence-corrected chi connectivity index (χ1v) is 10.7. The van der Waals surface area contributed by atoms with E-state index in [2.05, 4.69) is 39.6 Å². The summed E-state index contributed by atoms with van der Waals surface area (Å²) in [5.74, 6) is 1.94. The van der Waals surface area contributed by atoms with E-state index in [4.69, 9.17) is 14.3 Å². The lowest BCUT2D eigenvalue weighted by Gasteiger charge is -2.61. The molecular weight excluding hydrogens is 495 g/mol. The predicted molar refractivity (Wildman–Crippen MR) is 126 cm³/mol. The topological polar surface area (TPSA) is 97.5 Å². The molecule has 8 nitrogen and oxygen atoms in total. The molecule has 2 atom stereocenters. The molecule has 2 unspecified atom stereocenters. The summed E-state index contributed by atoms with van der Waals surface area (Å²) in [5, 5.41) is 11.0. The van der Waals surface area contributed by atoms with E-state index in [0.29, 0.717) is 47.9 Å². The van der Waals surface area contributed by atoms with Crippen molar-refractivity contribution in [1.82, 2.24) is 25.8 Å². The van der Waals surface area contributed by atoms with Crippen LogP contribution in [0.3, 0.4) is 0 Å². The van der Waals surface area contributed by atoms with Gasteiger partial charge < -0.3 is 19.9 Å². The molecule has 2 fully saturated rings. The Morgan fingerprint density at radius 1 is 1.33 bits per heavy atom. The second kappa shape index (κ2) is 10.5. The van der Waals surface area contributed by atoms with Gasteiger partial charge in [0.15, 0.2) is 11.8 Å². The highest BCUT2D eigenvalue weighted by Crippen LogP contribution is 2.57. The summed E-state index contributed by atoms with van der Waals surface area (Å²) in [6.07, 6.45) is 7.56. The fourth-order valence-electron chi connectivity index (χ4n) is 4.34. The highest BCUT2D eigenvalue weighted by Gasteiger charge is 2.59. The van der Waals surface area contributed by atoms with Crippen LogP contribution in [0.5, 0.6) is 0 Å². The Hall–Kier alpha value is -1.75. The minimum absolute atomic E-state index is 0. The predicted octanol–water partition coefficient (Wildman–Crippen LogP) is 3.19. The fourth-order valence-corrected chi connectivity index (χ4v) is 4.34. The largest absolute Gasteiger partial charge is 0.378 e. The number of nitrogens with one attached hydrogen (secondary N) is 2. The van der Waals surface area contributed by atoms with Gasteiger partial charge in [-0.3, -0.25) is 9.98 Å². The van der Waals surface area contributed by atoms with Crippen LogP contribution in [0.4, 0.5) is 0 Å². The molecule has 2 aromatic rings. The molecule has 2 N–H and O–H groups in total. The van der Waals surface area contributed by atoms with Crippen molar-refractivity contribution in [2.24, 2.45) is 10.4 Å². The smallest absolute Gasteiger partial charge is 0.276 e. The van der Waals surface area contributed by atoms with Crippen molar-refractivity contribution in [3.05, 3.63) is 30.2 Å². The van der Waals surface area contributed by atoms with Gasteiger partial charge in [-0.05, 0) is 45.2 Å². The molecule has 2 saturated carbocycles. The van der Waals surface area contributed by atoms with E-state index in [1.807, 2.05) is 18.2 Å². The number of ether oxygens (including phenoxy) is 1. The van der Waals surface area contributed by atoms with Crippen molar-refractivity contribution in [1.29, 1.82) is 0 Å². The van der Waals surface area contributed by atoms with E-state index in [0.717, 1.165) is 25.5 Å². The van der Waals surface area contributed by atoms with Gasteiger partial charge >= 0.3 is 0 Å². The first kappa shape index (κ1) is 22.9. The van der Waals surface area contributed by atoms with Crippen molar-refractivity contribution in [3.63, 3.8) is 0 Å². The molecule has 2 aliphatic rings. The van der Waals surface area contributed by atoms with Gasteiger partial charge in [0.2, 0.25) is 0 Å². The minimum atomic E-state index is 0. The van der Waals surface area contributed by atoms with Crippen LogP contribution in [-0.4, -0.2) is 52.9 Å². The molecule has 0 saturated heterocycles. The van der Waals surface area contributed by atoms with Crippen molar-refractivity contribution >= 4 is 29.9 Å². The van der Waals surface area contributed by atoms with Crippen LogP contribution < -0.4 is 10.6 Å². The number of hydrogen-bond donors (Lipinski definition) is 2. The summed E-state index contributed by atoms with van der Waals surface area (Å²) in [4.78, 5) is 13.4. The molecule has 2 aromatic heterocycles. The average molecular weight is 526 g/mol. The lowest BCUT2D eigenvalue weighted by molar-refractivity contribution is -0.168. The summed E-state index contributed by atoms with van der Waals surface area (Å²) in [5.41, 5.74) is 0.988. The third-order valence-electron chi connectivity index (χ3n) is 6.05. The Morgan fingerprint density at radius 2 is 2.20 bits per heavy atom. The zero-order valence-corrected chi connectivity index (χ0v) is 20.0.